The Labute approximate surface area is 195 Å². The number of piperazine rings is 1. The summed E-state index contributed by atoms with van der Waals surface area (Å²) in [5.41, 5.74) is 2.02. The van der Waals surface area contributed by atoms with E-state index >= 15 is 0 Å². The van der Waals surface area contributed by atoms with Crippen LogP contribution >= 0.6 is 0 Å². The third-order valence-electron chi connectivity index (χ3n) is 6.19. The molecule has 1 N–H and O–H groups in total. The van der Waals surface area contributed by atoms with E-state index < -0.39 is 5.76 Å². The van der Waals surface area contributed by atoms with Gasteiger partial charge in [-0.25, -0.2) is 9.18 Å². The lowest BCUT2D eigenvalue weighted by Gasteiger charge is -2.39. The number of nitrogens with one attached hydrogen (secondary N) is 1. The van der Waals surface area contributed by atoms with E-state index in [-0.39, 0.29) is 24.3 Å². The number of para-hydroxylation sites is 2. The first kappa shape index (κ1) is 22.0. The van der Waals surface area contributed by atoms with E-state index in [0.717, 1.165) is 37.6 Å². The second-order valence-electron chi connectivity index (χ2n) is 8.26. The zero-order chi connectivity index (χ0) is 23.5. The lowest BCUT2D eigenvalue weighted by Crippen LogP contribution is -2.50. The van der Waals surface area contributed by atoms with Gasteiger partial charge in [0, 0.05) is 38.4 Å². The van der Waals surface area contributed by atoms with Crippen molar-refractivity contribution in [2.45, 2.75) is 12.6 Å². The Morgan fingerprint density at radius 3 is 2.50 bits per heavy atom. The van der Waals surface area contributed by atoms with Crippen LogP contribution in [0.25, 0.3) is 11.1 Å². The van der Waals surface area contributed by atoms with Crippen LogP contribution in [-0.4, -0.2) is 48.1 Å². The quantitative estimate of drug-likeness (QED) is 0.453. The van der Waals surface area contributed by atoms with Gasteiger partial charge in [0.05, 0.1) is 17.8 Å². The normalized spacial score (nSPS) is 15.5. The minimum Gasteiger partial charge on any atom is -0.468 e. The third-order valence-corrected chi connectivity index (χ3v) is 6.19. The first-order valence-electron chi connectivity index (χ1n) is 11.2. The summed E-state index contributed by atoms with van der Waals surface area (Å²) in [6.45, 7) is 3.27. The smallest absolute Gasteiger partial charge is 0.420 e. The molecule has 0 bridgehead atoms. The maximum atomic E-state index is 13.3. The zero-order valence-electron chi connectivity index (χ0n) is 18.5. The van der Waals surface area contributed by atoms with Gasteiger partial charge >= 0.3 is 5.76 Å². The maximum Gasteiger partial charge on any atom is 0.420 e. The predicted molar refractivity (Wildman–Crippen MR) is 125 cm³/mol. The highest BCUT2D eigenvalue weighted by Crippen LogP contribution is 2.24. The van der Waals surface area contributed by atoms with E-state index in [0.29, 0.717) is 17.6 Å². The first-order chi connectivity index (χ1) is 16.6. The summed E-state index contributed by atoms with van der Waals surface area (Å²) in [5.74, 6) is -0.325. The lowest BCUT2D eigenvalue weighted by molar-refractivity contribution is -0.122. The molecule has 34 heavy (non-hydrogen) atoms. The number of aromatic nitrogens is 1. The predicted octanol–water partition coefficient (Wildman–Crippen LogP) is 3.01. The van der Waals surface area contributed by atoms with Gasteiger partial charge in [0.15, 0.2) is 5.58 Å². The van der Waals surface area contributed by atoms with E-state index in [1.807, 2.05) is 12.1 Å². The number of carbonyl (C=O) groups excluding carboxylic acids is 1. The molecule has 5 rings (SSSR count). The highest BCUT2D eigenvalue weighted by molar-refractivity contribution is 5.79. The van der Waals surface area contributed by atoms with Crippen molar-refractivity contribution in [1.29, 1.82) is 0 Å². The molecule has 0 radical (unpaired) electrons. The Kier molecular flexibility index (Phi) is 6.18. The summed E-state index contributed by atoms with van der Waals surface area (Å²) in [7, 11) is 0. The molecular formula is C25H25FN4O4. The van der Waals surface area contributed by atoms with Crippen LogP contribution < -0.4 is 16.0 Å². The number of hydrogen-bond acceptors (Lipinski definition) is 6. The number of anilines is 1. The first-order valence-corrected chi connectivity index (χ1v) is 11.2. The van der Waals surface area contributed by atoms with Gasteiger partial charge < -0.3 is 19.1 Å². The van der Waals surface area contributed by atoms with Crippen molar-refractivity contribution in [3.8, 4) is 0 Å². The molecule has 1 amide bonds. The number of hydrogen-bond donors (Lipinski definition) is 1. The summed E-state index contributed by atoms with van der Waals surface area (Å²) in [6.07, 6.45) is 1.62. The van der Waals surface area contributed by atoms with Gasteiger partial charge in [-0.05, 0) is 48.5 Å². The van der Waals surface area contributed by atoms with E-state index in [9.17, 15) is 14.0 Å². The number of benzene rings is 2. The fourth-order valence-corrected chi connectivity index (χ4v) is 4.41. The van der Waals surface area contributed by atoms with Crippen molar-refractivity contribution < 1.29 is 18.0 Å². The van der Waals surface area contributed by atoms with Crippen LogP contribution in [0.3, 0.4) is 0 Å². The number of carbonyl (C=O) groups is 1. The number of oxazole rings is 1. The van der Waals surface area contributed by atoms with E-state index in [2.05, 4.69) is 15.1 Å². The molecule has 9 heteroatoms. The third kappa shape index (κ3) is 4.60. The number of nitrogens with zero attached hydrogens (tertiary/aromatic N) is 3. The molecular weight excluding hydrogens is 439 g/mol. The molecule has 176 valence electrons. The van der Waals surface area contributed by atoms with Gasteiger partial charge in [-0.2, -0.15) is 0 Å². The largest absolute Gasteiger partial charge is 0.468 e. The van der Waals surface area contributed by atoms with E-state index in [1.54, 1.807) is 42.7 Å². The number of halogens is 1. The van der Waals surface area contributed by atoms with Crippen LogP contribution in [0.4, 0.5) is 10.1 Å². The minimum atomic E-state index is -0.559. The highest BCUT2D eigenvalue weighted by atomic mass is 19.1. The van der Waals surface area contributed by atoms with Crippen molar-refractivity contribution in [3.05, 3.63) is 89.1 Å². The average Bonchev–Trinajstić information content (AvgIpc) is 3.49. The molecule has 0 aliphatic carbocycles. The van der Waals surface area contributed by atoms with Gasteiger partial charge in [-0.1, -0.05) is 12.1 Å². The second kappa shape index (κ2) is 9.56. The van der Waals surface area contributed by atoms with Gasteiger partial charge in [-0.3, -0.25) is 14.3 Å². The molecule has 0 saturated carbocycles. The molecule has 1 aliphatic rings. The van der Waals surface area contributed by atoms with Gasteiger partial charge in [0.2, 0.25) is 5.91 Å². The SMILES string of the molecule is O=C(Cn1c(=O)oc2ccccc21)NCC(c1ccco1)N1CCN(c2ccc(F)cc2)CC1. The number of fused-ring (bicyclic) bond motifs is 1. The summed E-state index contributed by atoms with van der Waals surface area (Å²) >= 11 is 0. The minimum absolute atomic E-state index is 0.126. The van der Waals surface area contributed by atoms with Crippen molar-refractivity contribution in [2.24, 2.45) is 0 Å². The van der Waals surface area contributed by atoms with E-state index in [4.69, 9.17) is 8.83 Å². The Bertz CT molecular complexity index is 1300. The average molecular weight is 464 g/mol. The molecule has 1 saturated heterocycles. The van der Waals surface area contributed by atoms with Crippen LogP contribution in [0.2, 0.25) is 0 Å². The number of amides is 1. The molecule has 2 aromatic heterocycles. The summed E-state index contributed by atoms with van der Waals surface area (Å²) in [5, 5.41) is 2.95. The van der Waals surface area contributed by atoms with Crippen LogP contribution in [0.15, 0.2) is 80.6 Å². The molecule has 8 nitrogen and oxygen atoms in total. The lowest BCUT2D eigenvalue weighted by atomic mass is 10.1. The Morgan fingerprint density at radius 1 is 1.00 bits per heavy atom. The van der Waals surface area contributed by atoms with Crippen LogP contribution in [0.5, 0.6) is 0 Å². The van der Waals surface area contributed by atoms with Gasteiger partial charge in [0.25, 0.3) is 0 Å². The molecule has 1 atom stereocenters. The standard InChI is InChI=1S/C25H25FN4O4/c26-18-7-9-19(10-8-18)28-11-13-29(14-12-28)21(22-6-3-15-33-22)16-27-24(31)17-30-20-4-1-2-5-23(20)34-25(30)32/h1-10,15,21H,11-14,16-17H2,(H,27,31). The molecule has 1 fully saturated rings. The van der Waals surface area contributed by atoms with Crippen molar-refractivity contribution in [3.63, 3.8) is 0 Å². The molecule has 1 aliphatic heterocycles. The van der Waals surface area contributed by atoms with Gasteiger partial charge in [-0.15, -0.1) is 0 Å². The maximum absolute atomic E-state index is 13.3. The Hall–Kier alpha value is -3.85. The fraction of sp³-hybridized carbons (Fsp3) is 0.280. The zero-order valence-corrected chi connectivity index (χ0v) is 18.5. The summed E-state index contributed by atoms with van der Waals surface area (Å²) in [4.78, 5) is 29.4. The molecule has 3 heterocycles. The number of rotatable bonds is 7. The van der Waals surface area contributed by atoms with Gasteiger partial charge in [0.1, 0.15) is 18.1 Å². The Balaban J connectivity index is 1.23. The highest BCUT2D eigenvalue weighted by Gasteiger charge is 2.27. The monoisotopic (exact) mass is 464 g/mol. The molecule has 2 aromatic carbocycles. The topological polar surface area (TPSA) is 83.9 Å². The van der Waals surface area contributed by atoms with Crippen molar-refractivity contribution in [1.82, 2.24) is 14.8 Å². The fourth-order valence-electron chi connectivity index (χ4n) is 4.41. The van der Waals surface area contributed by atoms with Crippen LogP contribution in [0, 0.1) is 5.82 Å². The van der Waals surface area contributed by atoms with Crippen molar-refractivity contribution >= 4 is 22.7 Å². The molecule has 4 aromatic rings. The van der Waals surface area contributed by atoms with Crippen LogP contribution in [-0.2, 0) is 11.3 Å². The van der Waals surface area contributed by atoms with Crippen LogP contribution in [0.1, 0.15) is 11.8 Å². The summed E-state index contributed by atoms with van der Waals surface area (Å²) in [6, 6.07) is 17.1. The van der Waals surface area contributed by atoms with Crippen molar-refractivity contribution in [2.75, 3.05) is 37.6 Å². The molecule has 1 unspecified atom stereocenters. The summed E-state index contributed by atoms with van der Waals surface area (Å²) < 4.78 is 25.5. The second-order valence-corrected chi connectivity index (χ2v) is 8.26. The Morgan fingerprint density at radius 2 is 1.76 bits per heavy atom. The number of furan rings is 1. The molecule has 0 spiro atoms. The van der Waals surface area contributed by atoms with E-state index in [1.165, 1.54) is 16.7 Å².